The van der Waals surface area contributed by atoms with E-state index in [1.807, 2.05) is 72.8 Å². The summed E-state index contributed by atoms with van der Waals surface area (Å²) in [6, 6.07) is 31.8. The topological polar surface area (TPSA) is 156 Å². The molecule has 7 rings (SSSR count). The summed E-state index contributed by atoms with van der Waals surface area (Å²) in [4.78, 5) is 44.1. The quantitative estimate of drug-likeness (QED) is 0.0820. The number of anilines is 1. The molecule has 4 atom stereocenters. The number of nitrogens with one attached hydrogen (secondary N) is 3. The van der Waals surface area contributed by atoms with E-state index in [1.54, 1.807) is 24.1 Å². The molecule has 5 N–H and O–H groups in total. The standard InChI is InChI=1S/C44H49N5O7/c1-48(20-19-45-25-40(51)36-14-16-39(50)43-37(36)15-17-41(52)47-43)42(53)18-21-55-33-11-7-8-29(22-33)26-49-27-31-23-34(24-32(31)28-49)56-44(54)46-38-13-6-5-12-35(38)30-9-3-2-4-10-30/h2-17,22,31-32,34,40,45,50-51H,18-21,23-28H2,1H3,(H,46,54)(H,47,52)/t31-,32+,34+,40?. The Labute approximate surface area is 326 Å². The number of fused-ring (bicyclic) bond motifs is 2. The fourth-order valence-corrected chi connectivity index (χ4v) is 8.03. The normalized spacial score (nSPS) is 18.4. The zero-order valence-electron chi connectivity index (χ0n) is 31.5. The van der Waals surface area contributed by atoms with Gasteiger partial charge in [-0.3, -0.25) is 19.8 Å². The molecule has 2 amide bonds. The number of H-pyrrole nitrogens is 1. The van der Waals surface area contributed by atoms with Gasteiger partial charge in [-0.1, -0.05) is 66.7 Å². The monoisotopic (exact) mass is 759 g/mol. The number of aliphatic hydroxyl groups is 1. The van der Waals surface area contributed by atoms with Crippen molar-refractivity contribution in [3.05, 3.63) is 125 Å². The van der Waals surface area contributed by atoms with Crippen LogP contribution in [-0.4, -0.2) is 89.5 Å². The van der Waals surface area contributed by atoms with Crippen molar-refractivity contribution in [1.29, 1.82) is 0 Å². The van der Waals surface area contributed by atoms with E-state index in [2.05, 4.69) is 26.6 Å². The molecule has 1 aromatic heterocycles. The Hall–Kier alpha value is -5.69. The van der Waals surface area contributed by atoms with Crippen molar-refractivity contribution in [2.75, 3.05) is 51.7 Å². The van der Waals surface area contributed by atoms with Crippen LogP contribution in [0.4, 0.5) is 10.5 Å². The first kappa shape index (κ1) is 38.6. The summed E-state index contributed by atoms with van der Waals surface area (Å²) in [6.07, 6.45) is 0.580. The van der Waals surface area contributed by atoms with Crippen LogP contribution >= 0.6 is 0 Å². The van der Waals surface area contributed by atoms with E-state index in [0.717, 1.165) is 60.6 Å². The van der Waals surface area contributed by atoms with Crippen molar-refractivity contribution in [3.63, 3.8) is 0 Å². The number of pyridine rings is 1. The summed E-state index contributed by atoms with van der Waals surface area (Å²) in [5, 5.41) is 27.6. The minimum absolute atomic E-state index is 0.0441. The molecule has 1 saturated heterocycles. The lowest BCUT2D eigenvalue weighted by molar-refractivity contribution is -0.130. The van der Waals surface area contributed by atoms with Crippen LogP contribution in [0.1, 0.15) is 36.5 Å². The van der Waals surface area contributed by atoms with E-state index in [-0.39, 0.29) is 48.4 Å². The number of amides is 2. The summed E-state index contributed by atoms with van der Waals surface area (Å²) in [5.74, 6) is 1.60. The second-order valence-electron chi connectivity index (χ2n) is 14.8. The second-order valence-corrected chi connectivity index (χ2v) is 14.8. The molecule has 0 spiro atoms. The highest BCUT2D eigenvalue weighted by Gasteiger charge is 2.42. The molecule has 1 unspecified atom stereocenters. The zero-order valence-corrected chi connectivity index (χ0v) is 31.5. The number of aliphatic hydroxyl groups excluding tert-OH is 1. The van der Waals surface area contributed by atoms with E-state index in [1.165, 1.54) is 12.1 Å². The number of hydrogen-bond donors (Lipinski definition) is 5. The van der Waals surface area contributed by atoms with Crippen molar-refractivity contribution in [3.8, 4) is 22.6 Å². The van der Waals surface area contributed by atoms with Crippen LogP contribution in [-0.2, 0) is 16.1 Å². The minimum atomic E-state index is -0.874. The Balaban J connectivity index is 0.793. The summed E-state index contributed by atoms with van der Waals surface area (Å²) >= 11 is 0. The Morgan fingerprint density at radius 1 is 0.946 bits per heavy atom. The number of nitrogens with zero attached hydrogens (tertiary/aromatic N) is 2. The number of benzene rings is 4. The number of carbonyl (C=O) groups is 2. The number of phenols is 1. The number of para-hydroxylation sites is 1. The second kappa shape index (κ2) is 17.8. The van der Waals surface area contributed by atoms with Gasteiger partial charge >= 0.3 is 6.09 Å². The molecule has 56 heavy (non-hydrogen) atoms. The Kier molecular flexibility index (Phi) is 12.3. The fourth-order valence-electron chi connectivity index (χ4n) is 8.03. The van der Waals surface area contributed by atoms with Gasteiger partial charge in [-0.05, 0) is 71.7 Å². The van der Waals surface area contributed by atoms with Gasteiger partial charge in [0.05, 0.1) is 30.3 Å². The zero-order chi connectivity index (χ0) is 39.0. The fraction of sp³-hybridized carbons (Fsp3) is 0.341. The number of rotatable bonds is 15. The summed E-state index contributed by atoms with van der Waals surface area (Å²) < 4.78 is 11.9. The van der Waals surface area contributed by atoms with Crippen molar-refractivity contribution >= 4 is 28.6 Å². The summed E-state index contributed by atoms with van der Waals surface area (Å²) in [5.41, 5.74) is 4.41. The third kappa shape index (κ3) is 9.57. The predicted molar refractivity (Wildman–Crippen MR) is 216 cm³/mol. The molecule has 0 radical (unpaired) electrons. The lowest BCUT2D eigenvalue weighted by Gasteiger charge is -2.20. The van der Waals surface area contributed by atoms with E-state index < -0.39 is 12.2 Å². The van der Waals surface area contributed by atoms with Crippen molar-refractivity contribution < 1.29 is 29.3 Å². The Morgan fingerprint density at radius 2 is 1.71 bits per heavy atom. The molecule has 2 aliphatic rings. The number of likely N-dealkylation sites (tertiary alicyclic amines) is 1. The van der Waals surface area contributed by atoms with Crippen molar-refractivity contribution in [1.82, 2.24) is 20.1 Å². The number of aromatic hydroxyl groups is 1. The molecule has 12 heteroatoms. The van der Waals surface area contributed by atoms with Crippen LogP contribution < -0.4 is 20.9 Å². The first-order valence-electron chi connectivity index (χ1n) is 19.2. The van der Waals surface area contributed by atoms with Crippen LogP contribution in [0.3, 0.4) is 0 Å². The molecule has 12 nitrogen and oxygen atoms in total. The maximum absolute atomic E-state index is 12.9. The van der Waals surface area contributed by atoms with Crippen molar-refractivity contribution in [2.24, 2.45) is 11.8 Å². The van der Waals surface area contributed by atoms with Crippen LogP contribution in [0, 0.1) is 11.8 Å². The van der Waals surface area contributed by atoms with E-state index in [4.69, 9.17) is 9.47 Å². The van der Waals surface area contributed by atoms with E-state index in [9.17, 15) is 24.6 Å². The first-order valence-corrected chi connectivity index (χ1v) is 19.2. The molecule has 1 aliphatic carbocycles. The molecule has 0 bridgehead atoms. The molecule has 292 valence electrons. The predicted octanol–water partition coefficient (Wildman–Crippen LogP) is 5.91. The van der Waals surface area contributed by atoms with Crippen LogP contribution in [0.5, 0.6) is 11.5 Å². The molecule has 1 aliphatic heterocycles. The number of carbonyl (C=O) groups excluding carboxylic acids is 2. The van der Waals surface area contributed by atoms with Gasteiger partial charge in [0.15, 0.2) is 0 Å². The van der Waals surface area contributed by atoms with Gasteiger partial charge in [0.25, 0.3) is 0 Å². The molecular formula is C44H49N5O7. The summed E-state index contributed by atoms with van der Waals surface area (Å²) in [7, 11) is 1.74. The lowest BCUT2D eigenvalue weighted by Crippen LogP contribution is -2.35. The lowest BCUT2D eigenvalue weighted by atomic mass is 10.0. The number of phenolic OH excluding ortho intramolecular Hbond substituents is 1. The molecule has 1 saturated carbocycles. The van der Waals surface area contributed by atoms with E-state index in [0.29, 0.717) is 35.9 Å². The number of hydrogen-bond acceptors (Lipinski definition) is 9. The Bertz CT molecular complexity index is 2180. The molecule has 5 aromatic rings. The van der Waals surface area contributed by atoms with Gasteiger partial charge in [-0.25, -0.2) is 4.79 Å². The number of likely N-dealkylation sites (N-methyl/N-ethyl adjacent to an activating group) is 1. The van der Waals surface area contributed by atoms with Gasteiger partial charge in [0.2, 0.25) is 11.5 Å². The maximum Gasteiger partial charge on any atom is 0.411 e. The highest BCUT2D eigenvalue weighted by atomic mass is 16.6. The van der Waals surface area contributed by atoms with Gasteiger partial charge in [-0.2, -0.15) is 0 Å². The number of aromatic amines is 1. The van der Waals surface area contributed by atoms with Gasteiger partial charge < -0.3 is 34.9 Å². The molecular weight excluding hydrogens is 711 g/mol. The minimum Gasteiger partial charge on any atom is -0.506 e. The van der Waals surface area contributed by atoms with Gasteiger partial charge in [-0.15, -0.1) is 0 Å². The van der Waals surface area contributed by atoms with E-state index >= 15 is 0 Å². The Morgan fingerprint density at radius 3 is 2.52 bits per heavy atom. The highest BCUT2D eigenvalue weighted by molar-refractivity contribution is 5.91. The average Bonchev–Trinajstić information content (AvgIpc) is 3.75. The van der Waals surface area contributed by atoms with Crippen LogP contribution in [0.2, 0.25) is 0 Å². The first-order chi connectivity index (χ1) is 27.2. The van der Waals surface area contributed by atoms with Crippen LogP contribution in [0.25, 0.3) is 22.0 Å². The number of ether oxygens (including phenoxy) is 2. The summed E-state index contributed by atoms with van der Waals surface area (Å²) in [6.45, 7) is 4.13. The third-order valence-electron chi connectivity index (χ3n) is 10.8. The largest absolute Gasteiger partial charge is 0.506 e. The smallest absolute Gasteiger partial charge is 0.411 e. The third-order valence-corrected chi connectivity index (χ3v) is 10.8. The van der Waals surface area contributed by atoms with Gasteiger partial charge in [0.1, 0.15) is 17.6 Å². The average molecular weight is 760 g/mol. The molecule has 2 fully saturated rings. The highest BCUT2D eigenvalue weighted by Crippen LogP contribution is 2.40. The van der Waals surface area contributed by atoms with Crippen LogP contribution in [0.15, 0.2) is 108 Å². The molecule has 2 heterocycles. The SMILES string of the molecule is CN(CCNCC(O)c1ccc(O)c2[nH]c(=O)ccc12)C(=O)CCOc1cccc(CN2C[C@H]3C[C@H](OC(=O)Nc4ccccc4-c4ccccc4)C[C@H]3C2)c1. The number of aromatic nitrogens is 1. The van der Waals surface area contributed by atoms with Gasteiger partial charge in [0, 0.05) is 63.3 Å². The molecule has 4 aromatic carbocycles. The van der Waals surface area contributed by atoms with Crippen molar-refractivity contribution in [2.45, 2.75) is 38.0 Å². The maximum atomic E-state index is 12.9.